The van der Waals surface area contributed by atoms with Crippen molar-refractivity contribution >= 4 is 46.0 Å². The summed E-state index contributed by atoms with van der Waals surface area (Å²) in [4.78, 5) is 41.2. The molecule has 0 aliphatic heterocycles. The number of amides is 2. The Kier molecular flexibility index (Phi) is 6.39. The largest absolute Gasteiger partial charge is 0.290 e. The van der Waals surface area contributed by atoms with E-state index in [0.717, 1.165) is 39.3 Å². The number of nitrogens with one attached hydrogen (secondary N) is 2. The summed E-state index contributed by atoms with van der Waals surface area (Å²) in [5.74, 6) is -1.17. The molecule has 36 heavy (non-hydrogen) atoms. The standard InChI is InChI=1S/C26H18N8O2/c35-25(33-31-14-17-5-7-21-19(11-17)3-1-9-27-21)23-13-24(30-16-29-23)26(36)34-32-15-18-6-8-22-20(12-18)4-2-10-28-22/h1-16H,(H,33,35)(H,34,36)/b31-14+,32-15+. The second-order valence-corrected chi connectivity index (χ2v) is 7.60. The monoisotopic (exact) mass is 474 g/mol. The zero-order chi connectivity index (χ0) is 24.7. The highest BCUT2D eigenvalue weighted by Gasteiger charge is 2.12. The normalized spacial score (nSPS) is 11.3. The number of carbonyl (C=O) groups is 2. The smallest absolute Gasteiger partial charge is 0.266 e. The summed E-state index contributed by atoms with van der Waals surface area (Å²) in [7, 11) is 0. The first-order chi connectivity index (χ1) is 17.7. The lowest BCUT2D eigenvalue weighted by atomic mass is 10.1. The van der Waals surface area contributed by atoms with Gasteiger partial charge in [0.1, 0.15) is 17.7 Å². The van der Waals surface area contributed by atoms with Crippen molar-refractivity contribution in [3.8, 4) is 0 Å². The molecule has 0 saturated heterocycles. The van der Waals surface area contributed by atoms with Crippen LogP contribution in [0.25, 0.3) is 21.8 Å². The molecule has 0 spiro atoms. The molecule has 0 fully saturated rings. The van der Waals surface area contributed by atoms with Crippen LogP contribution in [0.3, 0.4) is 0 Å². The number of carbonyl (C=O) groups excluding carboxylic acids is 2. The van der Waals surface area contributed by atoms with Crippen molar-refractivity contribution < 1.29 is 9.59 Å². The SMILES string of the molecule is O=C(N/N=C/c1ccc2ncccc2c1)c1cc(C(=O)N/N=C/c2ccc3ncccc3c2)ncn1. The molecule has 3 heterocycles. The maximum absolute atomic E-state index is 12.4. The highest BCUT2D eigenvalue weighted by molar-refractivity contribution is 5.98. The van der Waals surface area contributed by atoms with Crippen LogP contribution in [0.1, 0.15) is 32.1 Å². The Labute approximate surface area is 204 Å². The fraction of sp³-hybridized carbons (Fsp3) is 0. The molecule has 0 aliphatic rings. The Morgan fingerprint density at radius 3 is 1.64 bits per heavy atom. The van der Waals surface area contributed by atoms with E-state index < -0.39 is 11.8 Å². The summed E-state index contributed by atoms with van der Waals surface area (Å²) in [5, 5.41) is 9.86. The van der Waals surface area contributed by atoms with Gasteiger partial charge >= 0.3 is 0 Å². The molecule has 0 aliphatic carbocycles. The van der Waals surface area contributed by atoms with E-state index in [2.05, 4.69) is 41.0 Å². The Morgan fingerprint density at radius 2 is 1.14 bits per heavy atom. The molecule has 10 heteroatoms. The predicted molar refractivity (Wildman–Crippen MR) is 136 cm³/mol. The minimum atomic E-state index is -0.585. The highest BCUT2D eigenvalue weighted by atomic mass is 16.2. The van der Waals surface area contributed by atoms with Crippen LogP contribution in [0.15, 0.2) is 95.7 Å². The lowest BCUT2D eigenvalue weighted by Crippen LogP contribution is -2.23. The first-order valence-corrected chi connectivity index (χ1v) is 10.8. The van der Waals surface area contributed by atoms with Crippen LogP contribution in [0.2, 0.25) is 0 Å². The van der Waals surface area contributed by atoms with E-state index in [-0.39, 0.29) is 11.4 Å². The summed E-state index contributed by atoms with van der Waals surface area (Å²) in [6, 6.07) is 20.1. The van der Waals surface area contributed by atoms with Gasteiger partial charge in [0.15, 0.2) is 0 Å². The minimum Gasteiger partial charge on any atom is -0.266 e. The summed E-state index contributed by atoms with van der Waals surface area (Å²) >= 11 is 0. The molecule has 2 N–H and O–H groups in total. The van der Waals surface area contributed by atoms with Gasteiger partial charge in [-0.05, 0) is 47.5 Å². The van der Waals surface area contributed by atoms with Crippen LogP contribution < -0.4 is 10.9 Å². The van der Waals surface area contributed by atoms with Crippen LogP contribution in [0, 0.1) is 0 Å². The Balaban J connectivity index is 1.20. The number of fused-ring (bicyclic) bond motifs is 2. The fourth-order valence-electron chi connectivity index (χ4n) is 3.40. The van der Waals surface area contributed by atoms with Gasteiger partial charge in [0.25, 0.3) is 11.8 Å². The summed E-state index contributed by atoms with van der Waals surface area (Å²) < 4.78 is 0. The molecule has 5 aromatic rings. The zero-order valence-electron chi connectivity index (χ0n) is 18.7. The summed E-state index contributed by atoms with van der Waals surface area (Å²) in [6.45, 7) is 0. The average molecular weight is 474 g/mol. The van der Waals surface area contributed by atoms with E-state index in [0.29, 0.717) is 0 Å². The number of rotatable bonds is 6. The number of pyridine rings is 2. The van der Waals surface area contributed by atoms with Crippen LogP contribution in [-0.2, 0) is 0 Å². The van der Waals surface area contributed by atoms with Crippen molar-refractivity contribution in [2.45, 2.75) is 0 Å². The van der Waals surface area contributed by atoms with Crippen molar-refractivity contribution in [3.63, 3.8) is 0 Å². The van der Waals surface area contributed by atoms with Crippen molar-refractivity contribution in [2.24, 2.45) is 10.2 Å². The van der Waals surface area contributed by atoms with Gasteiger partial charge in [-0.2, -0.15) is 10.2 Å². The fourth-order valence-corrected chi connectivity index (χ4v) is 3.40. The molecular weight excluding hydrogens is 456 g/mol. The van der Waals surface area contributed by atoms with E-state index in [9.17, 15) is 9.59 Å². The van der Waals surface area contributed by atoms with E-state index in [4.69, 9.17) is 0 Å². The molecule has 174 valence electrons. The lowest BCUT2D eigenvalue weighted by molar-refractivity contribution is 0.0948. The van der Waals surface area contributed by atoms with Crippen LogP contribution in [0.4, 0.5) is 0 Å². The van der Waals surface area contributed by atoms with Crippen molar-refractivity contribution in [1.29, 1.82) is 0 Å². The Bertz CT molecular complexity index is 1530. The molecule has 3 aromatic heterocycles. The third kappa shape index (κ3) is 5.23. The minimum absolute atomic E-state index is 0.0129. The van der Waals surface area contributed by atoms with Gasteiger partial charge in [-0.15, -0.1) is 0 Å². The Morgan fingerprint density at radius 1 is 0.639 bits per heavy atom. The van der Waals surface area contributed by atoms with Gasteiger partial charge in [-0.25, -0.2) is 20.8 Å². The van der Waals surface area contributed by atoms with Gasteiger partial charge in [0.2, 0.25) is 0 Å². The van der Waals surface area contributed by atoms with Crippen molar-refractivity contribution in [2.75, 3.05) is 0 Å². The topological polar surface area (TPSA) is 134 Å². The number of hydrogen-bond donors (Lipinski definition) is 2. The third-order valence-electron chi connectivity index (χ3n) is 5.15. The quantitative estimate of drug-likeness (QED) is 0.287. The first-order valence-electron chi connectivity index (χ1n) is 10.8. The van der Waals surface area contributed by atoms with Gasteiger partial charge in [-0.1, -0.05) is 24.3 Å². The molecule has 0 radical (unpaired) electrons. The third-order valence-corrected chi connectivity index (χ3v) is 5.15. The summed E-state index contributed by atoms with van der Waals surface area (Å²) in [5.41, 5.74) is 8.08. The molecule has 10 nitrogen and oxygen atoms in total. The van der Waals surface area contributed by atoms with E-state index in [1.54, 1.807) is 12.4 Å². The van der Waals surface area contributed by atoms with E-state index >= 15 is 0 Å². The van der Waals surface area contributed by atoms with Crippen LogP contribution >= 0.6 is 0 Å². The van der Waals surface area contributed by atoms with Crippen LogP contribution in [-0.4, -0.2) is 44.2 Å². The number of benzene rings is 2. The molecule has 0 atom stereocenters. The Hall–Kier alpha value is -5.38. The highest BCUT2D eigenvalue weighted by Crippen LogP contribution is 2.13. The van der Waals surface area contributed by atoms with Gasteiger partial charge in [0.05, 0.1) is 23.5 Å². The second kappa shape index (κ2) is 10.3. The van der Waals surface area contributed by atoms with E-state index in [1.807, 2.05) is 60.7 Å². The van der Waals surface area contributed by atoms with Crippen molar-refractivity contribution in [3.05, 3.63) is 108 Å². The molecule has 2 amide bonds. The molecular formula is C26H18N8O2. The molecule has 2 aromatic carbocycles. The lowest BCUT2D eigenvalue weighted by Gasteiger charge is -2.02. The second-order valence-electron chi connectivity index (χ2n) is 7.60. The first kappa shape index (κ1) is 22.4. The number of hydrogen-bond acceptors (Lipinski definition) is 8. The molecule has 0 unspecified atom stereocenters. The van der Waals surface area contributed by atoms with Gasteiger partial charge in [0, 0.05) is 29.2 Å². The van der Waals surface area contributed by atoms with E-state index in [1.165, 1.54) is 18.5 Å². The van der Waals surface area contributed by atoms with Gasteiger partial charge in [-0.3, -0.25) is 19.6 Å². The van der Waals surface area contributed by atoms with Gasteiger partial charge < -0.3 is 0 Å². The zero-order valence-corrected chi connectivity index (χ0v) is 18.7. The van der Waals surface area contributed by atoms with Crippen molar-refractivity contribution in [1.82, 2.24) is 30.8 Å². The maximum atomic E-state index is 12.4. The molecule has 0 saturated carbocycles. The maximum Gasteiger partial charge on any atom is 0.290 e. The average Bonchev–Trinajstić information content (AvgIpc) is 2.93. The number of hydrazone groups is 2. The molecule has 5 rings (SSSR count). The van der Waals surface area contributed by atoms with Crippen LogP contribution in [0.5, 0.6) is 0 Å². The number of nitrogens with zero attached hydrogens (tertiary/aromatic N) is 6. The predicted octanol–water partition coefficient (Wildman–Crippen LogP) is 3.10. The summed E-state index contributed by atoms with van der Waals surface area (Å²) in [6.07, 6.45) is 7.60. The molecule has 0 bridgehead atoms. The number of aromatic nitrogens is 4.